The molecule has 8 heteroatoms. The minimum Gasteiger partial charge on any atom is -0.497 e. The standard InChI is InChI=1S/C28H21N3O4.Na/c1-34-22-13-11-19(12-14-22)24-25-27(31-21-9-5-6-18(16-21)10-15-23(32)33)29-17-30-28(25)35-26(24)20-7-3-2-4-8-20;/h2-17H,1H3,(H,32,33)(H,29,30,31);. The number of carbonyl (C=O) groups is 1. The van der Waals surface area contributed by atoms with Crippen LogP contribution < -0.4 is 10.1 Å². The summed E-state index contributed by atoms with van der Waals surface area (Å²) in [7, 11) is 1.63. The summed E-state index contributed by atoms with van der Waals surface area (Å²) < 4.78 is 11.6. The van der Waals surface area contributed by atoms with Gasteiger partial charge in [-0.25, -0.2) is 14.8 Å². The van der Waals surface area contributed by atoms with Crippen LogP contribution in [0.3, 0.4) is 0 Å². The molecule has 7 nitrogen and oxygen atoms in total. The van der Waals surface area contributed by atoms with Crippen molar-refractivity contribution in [1.29, 1.82) is 0 Å². The largest absolute Gasteiger partial charge is 0.497 e. The summed E-state index contributed by atoms with van der Waals surface area (Å²) in [6, 6.07) is 25.0. The summed E-state index contributed by atoms with van der Waals surface area (Å²) in [5.74, 6) is 1.01. The van der Waals surface area contributed by atoms with Crippen LogP contribution in [0.4, 0.5) is 11.5 Å². The van der Waals surface area contributed by atoms with E-state index in [1.165, 1.54) is 12.4 Å². The van der Waals surface area contributed by atoms with Gasteiger partial charge in [0.2, 0.25) is 5.71 Å². The molecule has 0 atom stereocenters. The number of nitrogens with zero attached hydrogens (tertiary/aromatic N) is 2. The Labute approximate surface area is 229 Å². The zero-order chi connectivity index (χ0) is 24.2. The Morgan fingerprint density at radius 1 is 0.972 bits per heavy atom. The third-order valence-corrected chi connectivity index (χ3v) is 5.47. The van der Waals surface area contributed by atoms with Gasteiger partial charge in [-0.3, -0.25) is 0 Å². The fraction of sp³-hybridized carbons (Fsp3) is 0.0357. The van der Waals surface area contributed by atoms with E-state index in [4.69, 9.17) is 14.3 Å². The number of fused-ring (bicyclic) bond motifs is 1. The monoisotopic (exact) mass is 486 g/mol. The minimum atomic E-state index is -1.00. The molecule has 0 saturated carbocycles. The third kappa shape index (κ3) is 5.33. The molecule has 5 rings (SSSR count). The number of benzene rings is 3. The first-order chi connectivity index (χ1) is 17.1. The van der Waals surface area contributed by atoms with Gasteiger partial charge in [0.05, 0.1) is 12.5 Å². The Morgan fingerprint density at radius 2 is 1.75 bits per heavy atom. The van der Waals surface area contributed by atoms with Crippen molar-refractivity contribution < 1.29 is 19.1 Å². The van der Waals surface area contributed by atoms with Crippen molar-refractivity contribution in [3.63, 3.8) is 0 Å². The number of carboxylic acids is 1. The van der Waals surface area contributed by atoms with E-state index in [-0.39, 0.29) is 29.6 Å². The number of hydrogen-bond acceptors (Lipinski definition) is 6. The number of ether oxygens (including phenoxy) is 1. The number of aliphatic carboxylic acids is 1. The maximum absolute atomic E-state index is 10.9. The van der Waals surface area contributed by atoms with Crippen LogP contribution in [0.1, 0.15) is 5.56 Å². The molecule has 1 radical (unpaired) electrons. The number of rotatable bonds is 7. The molecule has 36 heavy (non-hydrogen) atoms. The fourth-order valence-corrected chi connectivity index (χ4v) is 3.88. The molecule has 0 aliphatic carbocycles. The maximum Gasteiger partial charge on any atom is 0.328 e. The van der Waals surface area contributed by atoms with Crippen molar-refractivity contribution in [2.45, 2.75) is 0 Å². The SMILES string of the molecule is COc1ccc(-c2c(-c3ccccc3)oc3ncnc(Nc4cccc(C=CC(=O)O)c4)c23)cc1.[Na]. The number of anilines is 2. The zero-order valence-electron chi connectivity index (χ0n) is 19.8. The van der Waals surface area contributed by atoms with Gasteiger partial charge in [0, 0.05) is 52.4 Å². The molecular weight excluding hydrogens is 465 g/mol. The molecule has 0 amide bonds. The number of hydrogen-bond donors (Lipinski definition) is 2. The molecule has 2 heterocycles. The van der Waals surface area contributed by atoms with E-state index in [0.717, 1.165) is 45.2 Å². The van der Waals surface area contributed by atoms with E-state index < -0.39 is 5.97 Å². The maximum atomic E-state index is 10.9. The molecule has 2 aromatic heterocycles. The van der Waals surface area contributed by atoms with Gasteiger partial charge in [-0.15, -0.1) is 0 Å². The average Bonchev–Trinajstić information content (AvgIpc) is 3.29. The van der Waals surface area contributed by atoms with Crippen molar-refractivity contribution in [1.82, 2.24) is 9.97 Å². The number of carboxylic acid groups (broad SMARTS) is 1. The van der Waals surface area contributed by atoms with Crippen molar-refractivity contribution >= 4 is 64.2 Å². The van der Waals surface area contributed by atoms with Crippen LogP contribution in [0.15, 0.2) is 95.7 Å². The molecule has 0 bridgehead atoms. The van der Waals surface area contributed by atoms with Gasteiger partial charge in [0.15, 0.2) is 0 Å². The van der Waals surface area contributed by atoms with Crippen molar-refractivity contribution in [2.24, 2.45) is 0 Å². The molecule has 5 aromatic rings. The number of aromatic nitrogens is 2. The molecule has 0 unspecified atom stereocenters. The summed E-state index contributed by atoms with van der Waals surface area (Å²) in [5, 5.41) is 13.0. The van der Waals surface area contributed by atoms with Crippen LogP contribution >= 0.6 is 0 Å². The first kappa shape index (κ1) is 25.2. The number of furan rings is 1. The number of nitrogens with one attached hydrogen (secondary N) is 1. The van der Waals surface area contributed by atoms with Gasteiger partial charge in [-0.1, -0.05) is 54.6 Å². The molecule has 0 spiro atoms. The number of methoxy groups -OCH3 is 1. The quantitative estimate of drug-likeness (QED) is 0.214. The van der Waals surface area contributed by atoms with Crippen molar-refractivity contribution in [3.8, 4) is 28.2 Å². The Balaban J connectivity index is 0.00000304. The molecule has 0 fully saturated rings. The molecule has 3 aromatic carbocycles. The minimum absolute atomic E-state index is 0. The van der Waals surface area contributed by atoms with Crippen LogP contribution in [-0.4, -0.2) is 57.7 Å². The molecule has 0 aliphatic rings. The molecular formula is C28H21N3NaO4. The van der Waals surface area contributed by atoms with E-state index in [1.54, 1.807) is 7.11 Å². The average molecular weight is 486 g/mol. The predicted octanol–water partition coefficient (Wildman–Crippen LogP) is 6.03. The zero-order valence-corrected chi connectivity index (χ0v) is 21.8. The van der Waals surface area contributed by atoms with Gasteiger partial charge in [-0.2, -0.15) is 0 Å². The summed E-state index contributed by atoms with van der Waals surface area (Å²) >= 11 is 0. The van der Waals surface area contributed by atoms with Crippen LogP contribution in [0, 0.1) is 0 Å². The molecule has 173 valence electrons. The molecule has 0 saturated heterocycles. The first-order valence-corrected chi connectivity index (χ1v) is 10.9. The predicted molar refractivity (Wildman–Crippen MR) is 141 cm³/mol. The van der Waals surface area contributed by atoms with Gasteiger partial charge in [0.25, 0.3) is 0 Å². The van der Waals surface area contributed by atoms with Crippen LogP contribution in [-0.2, 0) is 4.79 Å². The van der Waals surface area contributed by atoms with Crippen LogP contribution in [0.5, 0.6) is 5.75 Å². The summed E-state index contributed by atoms with van der Waals surface area (Å²) in [5.41, 5.74) is 4.66. The van der Waals surface area contributed by atoms with Crippen molar-refractivity contribution in [2.75, 3.05) is 12.4 Å². The summed E-state index contributed by atoms with van der Waals surface area (Å²) in [6.07, 6.45) is 4.10. The fourth-order valence-electron chi connectivity index (χ4n) is 3.88. The Bertz CT molecular complexity index is 1530. The normalized spacial score (nSPS) is 10.8. The van der Waals surface area contributed by atoms with Gasteiger partial charge in [0.1, 0.15) is 23.7 Å². The smallest absolute Gasteiger partial charge is 0.328 e. The first-order valence-electron chi connectivity index (χ1n) is 10.9. The second kappa shape index (κ2) is 11.2. The van der Waals surface area contributed by atoms with E-state index in [0.29, 0.717) is 17.3 Å². The Kier molecular flexibility index (Phi) is 7.85. The third-order valence-electron chi connectivity index (χ3n) is 5.47. The van der Waals surface area contributed by atoms with E-state index in [2.05, 4.69) is 15.3 Å². The van der Waals surface area contributed by atoms with Gasteiger partial charge < -0.3 is 19.6 Å². The van der Waals surface area contributed by atoms with E-state index in [9.17, 15) is 4.79 Å². The summed E-state index contributed by atoms with van der Waals surface area (Å²) in [6.45, 7) is 0. The van der Waals surface area contributed by atoms with Crippen molar-refractivity contribution in [3.05, 3.63) is 96.8 Å². The summed E-state index contributed by atoms with van der Waals surface area (Å²) in [4.78, 5) is 19.8. The van der Waals surface area contributed by atoms with Gasteiger partial charge in [-0.05, 0) is 41.5 Å². The van der Waals surface area contributed by atoms with Crippen LogP contribution in [0.2, 0.25) is 0 Å². The Morgan fingerprint density at radius 3 is 2.47 bits per heavy atom. The van der Waals surface area contributed by atoms with E-state index in [1.807, 2.05) is 78.9 Å². The van der Waals surface area contributed by atoms with Crippen LogP contribution in [0.25, 0.3) is 39.6 Å². The topological polar surface area (TPSA) is 97.5 Å². The van der Waals surface area contributed by atoms with Gasteiger partial charge >= 0.3 is 5.97 Å². The molecule has 0 aliphatic heterocycles. The second-order valence-electron chi connectivity index (χ2n) is 7.73. The second-order valence-corrected chi connectivity index (χ2v) is 7.73. The van der Waals surface area contributed by atoms with E-state index >= 15 is 0 Å². The molecule has 2 N–H and O–H groups in total. The Hall–Kier alpha value is -3.91.